The number of primary amides is 1. The lowest BCUT2D eigenvalue weighted by molar-refractivity contribution is 0.248. The molecule has 0 unspecified atom stereocenters. The van der Waals surface area contributed by atoms with E-state index in [-0.39, 0.29) is 12.1 Å². The fraction of sp³-hybridized carbons (Fsp3) is 0.286. The van der Waals surface area contributed by atoms with Crippen LogP contribution in [0.5, 0.6) is 0 Å². The second kappa shape index (κ2) is 9.21. The minimum absolute atomic E-state index is 0.0863. The molecule has 3 N–H and O–H groups in total. The first-order valence-electron chi connectivity index (χ1n) is 11.9. The van der Waals surface area contributed by atoms with E-state index in [2.05, 4.69) is 60.7 Å². The average Bonchev–Trinajstić information content (AvgIpc) is 2.84. The van der Waals surface area contributed by atoms with Crippen LogP contribution in [-0.4, -0.2) is 37.2 Å². The quantitative estimate of drug-likeness (QED) is 0.403. The lowest BCUT2D eigenvalue weighted by Crippen LogP contribution is -2.47. The Bertz CT molecular complexity index is 1320. The number of carbonyl (C=O) groups is 1. The van der Waals surface area contributed by atoms with E-state index < -0.39 is 0 Å². The van der Waals surface area contributed by atoms with Gasteiger partial charge in [-0.25, -0.2) is 9.78 Å². The van der Waals surface area contributed by atoms with Crippen LogP contribution in [-0.2, 0) is 0 Å². The maximum absolute atomic E-state index is 12.6. The third-order valence-electron chi connectivity index (χ3n) is 6.85. The fourth-order valence-electron chi connectivity index (χ4n) is 5.20. The highest BCUT2D eigenvalue weighted by molar-refractivity contribution is 6.03. The van der Waals surface area contributed by atoms with Crippen molar-refractivity contribution in [3.63, 3.8) is 0 Å². The van der Waals surface area contributed by atoms with Crippen molar-refractivity contribution < 1.29 is 4.79 Å². The standard InChI is InChI=1S/C28H31N5O/c1-32(2)26-18-27(31-24-12-6-5-11-23(24)26)30-20-14-16-21(17-15-20)33(28(29)34)25-13-7-9-19-8-3-4-10-22(19)25/h3-13,18,20-21H,14-17H2,1-2H3,(H2,29,34)(H,30,31). The highest BCUT2D eigenvalue weighted by Gasteiger charge is 2.30. The van der Waals surface area contributed by atoms with E-state index in [0.717, 1.165) is 64.6 Å². The van der Waals surface area contributed by atoms with Crippen LogP contribution in [0.1, 0.15) is 25.7 Å². The minimum atomic E-state index is -0.389. The van der Waals surface area contributed by atoms with Gasteiger partial charge in [0, 0.05) is 48.7 Å². The summed E-state index contributed by atoms with van der Waals surface area (Å²) in [6, 6.07) is 24.6. The number of urea groups is 1. The molecule has 6 heteroatoms. The van der Waals surface area contributed by atoms with Gasteiger partial charge in [0.2, 0.25) is 0 Å². The van der Waals surface area contributed by atoms with Gasteiger partial charge in [-0.3, -0.25) is 4.90 Å². The monoisotopic (exact) mass is 453 g/mol. The number of pyridine rings is 1. The molecule has 5 rings (SSSR count). The third-order valence-corrected chi connectivity index (χ3v) is 6.85. The Morgan fingerprint density at radius 2 is 1.56 bits per heavy atom. The zero-order chi connectivity index (χ0) is 23.7. The molecule has 3 aromatic carbocycles. The Labute approximate surface area is 200 Å². The molecule has 0 bridgehead atoms. The number of aromatic nitrogens is 1. The highest BCUT2D eigenvalue weighted by atomic mass is 16.2. The molecule has 0 spiro atoms. The summed E-state index contributed by atoms with van der Waals surface area (Å²) in [5.74, 6) is 0.895. The van der Waals surface area contributed by atoms with Gasteiger partial charge < -0.3 is 16.0 Å². The van der Waals surface area contributed by atoms with Crippen LogP contribution < -0.4 is 20.9 Å². The number of carbonyl (C=O) groups excluding carboxylic acids is 1. The molecular formula is C28H31N5O. The van der Waals surface area contributed by atoms with E-state index in [9.17, 15) is 4.79 Å². The Morgan fingerprint density at radius 1 is 0.882 bits per heavy atom. The number of nitrogens with zero attached hydrogens (tertiary/aromatic N) is 3. The number of benzene rings is 3. The number of nitrogens with one attached hydrogen (secondary N) is 1. The van der Waals surface area contributed by atoms with Gasteiger partial charge in [-0.05, 0) is 43.2 Å². The Kier molecular flexibility index (Phi) is 5.97. The first-order valence-corrected chi connectivity index (χ1v) is 11.9. The summed E-state index contributed by atoms with van der Waals surface area (Å²) in [7, 11) is 4.12. The summed E-state index contributed by atoms with van der Waals surface area (Å²) in [6.07, 6.45) is 3.67. The summed E-state index contributed by atoms with van der Waals surface area (Å²) >= 11 is 0. The zero-order valence-electron chi connectivity index (χ0n) is 19.7. The van der Waals surface area contributed by atoms with Crippen LogP contribution in [0.25, 0.3) is 21.7 Å². The van der Waals surface area contributed by atoms with E-state index in [1.54, 1.807) is 4.90 Å². The number of fused-ring (bicyclic) bond motifs is 2. The van der Waals surface area contributed by atoms with Crippen molar-refractivity contribution >= 4 is 44.9 Å². The largest absolute Gasteiger partial charge is 0.377 e. The van der Waals surface area contributed by atoms with Crippen LogP contribution in [0.15, 0.2) is 72.8 Å². The van der Waals surface area contributed by atoms with Gasteiger partial charge in [-0.1, -0.05) is 54.6 Å². The number of amides is 2. The normalized spacial score (nSPS) is 18.1. The summed E-state index contributed by atoms with van der Waals surface area (Å²) < 4.78 is 0. The van der Waals surface area contributed by atoms with Crippen molar-refractivity contribution in [2.24, 2.45) is 5.73 Å². The zero-order valence-corrected chi connectivity index (χ0v) is 19.7. The molecule has 1 aliphatic carbocycles. The predicted molar refractivity (Wildman–Crippen MR) is 142 cm³/mol. The average molecular weight is 454 g/mol. The first kappa shape index (κ1) is 22.0. The van der Waals surface area contributed by atoms with Crippen LogP contribution >= 0.6 is 0 Å². The number of nitrogens with two attached hydrogens (primary N) is 1. The maximum atomic E-state index is 12.6. The summed E-state index contributed by atoms with van der Waals surface area (Å²) in [6.45, 7) is 0. The van der Waals surface area contributed by atoms with Gasteiger partial charge in [0.05, 0.1) is 11.2 Å². The topological polar surface area (TPSA) is 74.5 Å². The van der Waals surface area contributed by atoms with E-state index in [4.69, 9.17) is 10.7 Å². The second-order valence-corrected chi connectivity index (χ2v) is 9.29. The van der Waals surface area contributed by atoms with Crippen LogP contribution in [0.4, 0.5) is 22.0 Å². The molecule has 1 saturated carbocycles. The minimum Gasteiger partial charge on any atom is -0.377 e. The lowest BCUT2D eigenvalue weighted by Gasteiger charge is -2.37. The molecular weight excluding hydrogens is 422 g/mol. The molecule has 1 heterocycles. The highest BCUT2D eigenvalue weighted by Crippen LogP contribution is 2.34. The molecule has 0 atom stereocenters. The second-order valence-electron chi connectivity index (χ2n) is 9.29. The molecule has 0 aliphatic heterocycles. The Morgan fingerprint density at radius 3 is 2.29 bits per heavy atom. The van der Waals surface area contributed by atoms with Gasteiger partial charge in [0.25, 0.3) is 0 Å². The van der Waals surface area contributed by atoms with Crippen LogP contribution in [0, 0.1) is 0 Å². The third kappa shape index (κ3) is 4.23. The molecule has 174 valence electrons. The van der Waals surface area contributed by atoms with Gasteiger partial charge in [-0.2, -0.15) is 0 Å². The van der Waals surface area contributed by atoms with Crippen molar-refractivity contribution in [1.82, 2.24) is 4.98 Å². The van der Waals surface area contributed by atoms with Crippen molar-refractivity contribution in [3.05, 3.63) is 72.8 Å². The molecule has 1 aliphatic rings. The number of para-hydroxylation sites is 1. The molecule has 0 radical (unpaired) electrons. The predicted octanol–water partition coefficient (Wildman–Crippen LogP) is 5.76. The van der Waals surface area contributed by atoms with Gasteiger partial charge in [0.1, 0.15) is 5.82 Å². The summed E-state index contributed by atoms with van der Waals surface area (Å²) in [5, 5.41) is 6.97. The summed E-state index contributed by atoms with van der Waals surface area (Å²) in [4.78, 5) is 21.3. The lowest BCUT2D eigenvalue weighted by atomic mass is 9.89. The number of hydrogen-bond acceptors (Lipinski definition) is 4. The van der Waals surface area contributed by atoms with Crippen molar-refractivity contribution in [1.29, 1.82) is 0 Å². The van der Waals surface area contributed by atoms with Gasteiger partial charge in [0.15, 0.2) is 0 Å². The number of anilines is 3. The van der Waals surface area contributed by atoms with E-state index in [1.807, 2.05) is 36.4 Å². The molecule has 2 amide bonds. The molecule has 1 fully saturated rings. The van der Waals surface area contributed by atoms with E-state index in [1.165, 1.54) is 0 Å². The first-order chi connectivity index (χ1) is 16.5. The smallest absolute Gasteiger partial charge is 0.319 e. The molecule has 34 heavy (non-hydrogen) atoms. The molecule has 1 aromatic heterocycles. The van der Waals surface area contributed by atoms with Crippen LogP contribution in [0.2, 0.25) is 0 Å². The number of hydrogen-bond donors (Lipinski definition) is 2. The SMILES string of the molecule is CN(C)c1cc(NC2CCC(N(C(N)=O)c3cccc4ccccc34)CC2)nc2ccccc12. The Hall–Kier alpha value is -3.80. The van der Waals surface area contributed by atoms with E-state index >= 15 is 0 Å². The van der Waals surface area contributed by atoms with Crippen molar-refractivity contribution in [2.45, 2.75) is 37.8 Å². The maximum Gasteiger partial charge on any atom is 0.319 e. The van der Waals surface area contributed by atoms with Crippen molar-refractivity contribution in [2.75, 3.05) is 29.2 Å². The van der Waals surface area contributed by atoms with Gasteiger partial charge >= 0.3 is 6.03 Å². The van der Waals surface area contributed by atoms with Crippen molar-refractivity contribution in [3.8, 4) is 0 Å². The Balaban J connectivity index is 1.34. The van der Waals surface area contributed by atoms with Gasteiger partial charge in [-0.15, -0.1) is 0 Å². The molecule has 0 saturated heterocycles. The van der Waals surface area contributed by atoms with Crippen LogP contribution in [0.3, 0.4) is 0 Å². The fourth-order valence-corrected chi connectivity index (χ4v) is 5.20. The van der Waals surface area contributed by atoms with E-state index in [0.29, 0.717) is 6.04 Å². The molecule has 6 nitrogen and oxygen atoms in total. The summed E-state index contributed by atoms with van der Waals surface area (Å²) in [5.41, 5.74) is 8.94. The molecule has 4 aromatic rings. The number of rotatable bonds is 5.